The summed E-state index contributed by atoms with van der Waals surface area (Å²) < 4.78 is 5.50. The van der Waals surface area contributed by atoms with E-state index in [9.17, 15) is 5.11 Å². The van der Waals surface area contributed by atoms with Crippen LogP contribution in [0.15, 0.2) is 0 Å². The van der Waals surface area contributed by atoms with E-state index in [1.807, 2.05) is 6.92 Å². The first-order valence-corrected chi connectivity index (χ1v) is 6.30. The molecule has 0 bridgehead atoms. The van der Waals surface area contributed by atoms with Gasteiger partial charge < -0.3 is 14.7 Å². The minimum atomic E-state index is -0.271. The molecule has 3 nitrogen and oxygen atoms in total. The molecule has 0 spiro atoms. The number of aliphatic hydroxyl groups excluding tert-OH is 1. The van der Waals surface area contributed by atoms with Crippen molar-refractivity contribution in [2.75, 3.05) is 26.7 Å². The first-order valence-electron chi connectivity index (χ1n) is 6.30. The highest BCUT2D eigenvalue weighted by Crippen LogP contribution is 2.26. The van der Waals surface area contributed by atoms with Gasteiger partial charge in [-0.2, -0.15) is 0 Å². The van der Waals surface area contributed by atoms with Crippen molar-refractivity contribution in [2.45, 2.75) is 46.3 Å². The van der Waals surface area contributed by atoms with Crippen molar-refractivity contribution in [1.82, 2.24) is 4.90 Å². The molecule has 0 aromatic carbocycles. The van der Waals surface area contributed by atoms with Gasteiger partial charge in [-0.3, -0.25) is 0 Å². The molecule has 16 heavy (non-hydrogen) atoms. The fourth-order valence-electron chi connectivity index (χ4n) is 2.26. The SMILES string of the molecule is COC1CN(CC(C)(C)C(C)O)CCC1C. The van der Waals surface area contributed by atoms with E-state index in [0.29, 0.717) is 12.0 Å². The lowest BCUT2D eigenvalue weighted by Gasteiger charge is -2.41. The Kier molecular flexibility index (Phi) is 4.77. The Labute approximate surface area is 99.8 Å². The summed E-state index contributed by atoms with van der Waals surface area (Å²) in [6, 6.07) is 0. The second kappa shape index (κ2) is 5.48. The molecule has 1 rings (SSSR count). The Morgan fingerprint density at radius 2 is 2.12 bits per heavy atom. The Hall–Kier alpha value is -0.120. The first-order chi connectivity index (χ1) is 7.36. The van der Waals surface area contributed by atoms with Crippen LogP contribution in [0.2, 0.25) is 0 Å². The molecule has 0 aliphatic carbocycles. The average molecular weight is 229 g/mol. The average Bonchev–Trinajstić information content (AvgIpc) is 2.20. The largest absolute Gasteiger partial charge is 0.393 e. The predicted molar refractivity (Wildman–Crippen MR) is 66.5 cm³/mol. The summed E-state index contributed by atoms with van der Waals surface area (Å²) in [5.41, 5.74) is -0.0428. The number of methoxy groups -OCH3 is 1. The number of hydrogen-bond donors (Lipinski definition) is 1. The molecule has 0 saturated carbocycles. The molecule has 0 aromatic rings. The van der Waals surface area contributed by atoms with Gasteiger partial charge in [-0.05, 0) is 25.8 Å². The molecule has 3 atom stereocenters. The molecule has 1 aliphatic rings. The van der Waals surface area contributed by atoms with Gasteiger partial charge in [0.2, 0.25) is 0 Å². The van der Waals surface area contributed by atoms with Crippen molar-refractivity contribution in [3.05, 3.63) is 0 Å². The van der Waals surface area contributed by atoms with Gasteiger partial charge in [-0.25, -0.2) is 0 Å². The zero-order chi connectivity index (χ0) is 12.3. The maximum absolute atomic E-state index is 9.73. The maximum atomic E-state index is 9.73. The summed E-state index contributed by atoms with van der Waals surface area (Å²) in [5, 5.41) is 9.73. The van der Waals surface area contributed by atoms with Crippen LogP contribution >= 0.6 is 0 Å². The molecule has 1 saturated heterocycles. The highest BCUT2D eigenvalue weighted by Gasteiger charge is 2.32. The monoisotopic (exact) mass is 229 g/mol. The number of piperidine rings is 1. The van der Waals surface area contributed by atoms with E-state index in [2.05, 4.69) is 25.7 Å². The third kappa shape index (κ3) is 3.44. The summed E-state index contributed by atoms with van der Waals surface area (Å²) in [7, 11) is 1.80. The fourth-order valence-corrected chi connectivity index (χ4v) is 2.26. The summed E-state index contributed by atoms with van der Waals surface area (Å²) in [6.07, 6.45) is 1.26. The van der Waals surface area contributed by atoms with E-state index < -0.39 is 0 Å². The Bertz CT molecular complexity index is 216. The molecular formula is C13H27NO2. The zero-order valence-electron chi connectivity index (χ0n) is 11.4. The van der Waals surface area contributed by atoms with Crippen LogP contribution in [-0.2, 0) is 4.74 Å². The van der Waals surface area contributed by atoms with E-state index in [1.165, 1.54) is 6.42 Å². The number of ether oxygens (including phenoxy) is 1. The second-order valence-electron chi connectivity index (χ2n) is 5.94. The molecule has 0 amide bonds. The Morgan fingerprint density at radius 3 is 2.62 bits per heavy atom. The van der Waals surface area contributed by atoms with Crippen molar-refractivity contribution >= 4 is 0 Å². The second-order valence-corrected chi connectivity index (χ2v) is 5.94. The summed E-state index contributed by atoms with van der Waals surface area (Å²) in [6.45, 7) is 11.4. The number of hydrogen-bond acceptors (Lipinski definition) is 3. The molecule has 1 aliphatic heterocycles. The van der Waals surface area contributed by atoms with Crippen LogP contribution in [0.1, 0.15) is 34.1 Å². The van der Waals surface area contributed by atoms with E-state index in [0.717, 1.165) is 19.6 Å². The highest BCUT2D eigenvalue weighted by molar-refractivity contribution is 4.84. The Balaban J connectivity index is 2.50. The standard InChI is InChI=1S/C13H27NO2/c1-10-6-7-14(8-12(10)16-5)9-13(3,4)11(2)15/h10-12,15H,6-9H2,1-5H3. The quantitative estimate of drug-likeness (QED) is 0.797. The van der Waals surface area contributed by atoms with Crippen LogP contribution in [0.25, 0.3) is 0 Å². The Morgan fingerprint density at radius 1 is 1.50 bits per heavy atom. The van der Waals surface area contributed by atoms with Crippen LogP contribution in [0, 0.1) is 11.3 Å². The molecule has 1 fully saturated rings. The minimum absolute atomic E-state index is 0.0428. The fraction of sp³-hybridized carbons (Fsp3) is 1.00. The van der Waals surface area contributed by atoms with Gasteiger partial charge in [0, 0.05) is 25.6 Å². The summed E-state index contributed by atoms with van der Waals surface area (Å²) >= 11 is 0. The van der Waals surface area contributed by atoms with Gasteiger partial charge in [0.05, 0.1) is 12.2 Å². The van der Waals surface area contributed by atoms with Crippen molar-refractivity contribution in [1.29, 1.82) is 0 Å². The lowest BCUT2D eigenvalue weighted by atomic mass is 9.85. The van der Waals surface area contributed by atoms with E-state index in [1.54, 1.807) is 7.11 Å². The van der Waals surface area contributed by atoms with Crippen LogP contribution < -0.4 is 0 Å². The summed E-state index contributed by atoms with van der Waals surface area (Å²) in [4.78, 5) is 2.42. The van der Waals surface area contributed by atoms with Crippen molar-refractivity contribution in [3.8, 4) is 0 Å². The van der Waals surface area contributed by atoms with Crippen LogP contribution in [0.5, 0.6) is 0 Å². The van der Waals surface area contributed by atoms with Gasteiger partial charge >= 0.3 is 0 Å². The zero-order valence-corrected chi connectivity index (χ0v) is 11.4. The van der Waals surface area contributed by atoms with E-state index in [-0.39, 0.29) is 11.5 Å². The van der Waals surface area contributed by atoms with Crippen molar-refractivity contribution in [3.63, 3.8) is 0 Å². The molecule has 0 aromatic heterocycles. The molecule has 1 N–H and O–H groups in total. The molecule has 0 radical (unpaired) electrons. The van der Waals surface area contributed by atoms with Crippen molar-refractivity contribution in [2.24, 2.45) is 11.3 Å². The van der Waals surface area contributed by atoms with Crippen molar-refractivity contribution < 1.29 is 9.84 Å². The van der Waals surface area contributed by atoms with Crippen LogP contribution in [-0.4, -0.2) is 49.0 Å². The summed E-state index contributed by atoms with van der Waals surface area (Å²) in [5.74, 6) is 0.649. The highest BCUT2D eigenvalue weighted by atomic mass is 16.5. The van der Waals surface area contributed by atoms with Gasteiger partial charge in [0.25, 0.3) is 0 Å². The van der Waals surface area contributed by atoms with Crippen LogP contribution in [0.4, 0.5) is 0 Å². The minimum Gasteiger partial charge on any atom is -0.393 e. The number of aliphatic hydroxyl groups is 1. The molecule has 3 heteroatoms. The smallest absolute Gasteiger partial charge is 0.0724 e. The van der Waals surface area contributed by atoms with Gasteiger partial charge in [0.15, 0.2) is 0 Å². The van der Waals surface area contributed by atoms with Gasteiger partial charge in [-0.15, -0.1) is 0 Å². The molecule has 1 heterocycles. The van der Waals surface area contributed by atoms with Crippen LogP contribution in [0.3, 0.4) is 0 Å². The lowest BCUT2D eigenvalue weighted by Crippen LogP contribution is -2.49. The molecule has 96 valence electrons. The van der Waals surface area contributed by atoms with Gasteiger partial charge in [-0.1, -0.05) is 20.8 Å². The topological polar surface area (TPSA) is 32.7 Å². The van der Waals surface area contributed by atoms with E-state index >= 15 is 0 Å². The van der Waals surface area contributed by atoms with E-state index in [4.69, 9.17) is 4.74 Å². The third-order valence-corrected chi connectivity index (χ3v) is 4.04. The molecular weight excluding hydrogens is 202 g/mol. The number of nitrogens with zero attached hydrogens (tertiary/aromatic N) is 1. The third-order valence-electron chi connectivity index (χ3n) is 4.04. The molecule has 3 unspecified atom stereocenters. The first kappa shape index (κ1) is 13.9. The number of rotatable bonds is 4. The van der Waals surface area contributed by atoms with Gasteiger partial charge in [0.1, 0.15) is 0 Å². The predicted octanol–water partition coefficient (Wildman–Crippen LogP) is 1.75. The number of likely N-dealkylation sites (tertiary alicyclic amines) is 1. The normalized spacial score (nSPS) is 30.4. The maximum Gasteiger partial charge on any atom is 0.0724 e. The lowest BCUT2D eigenvalue weighted by molar-refractivity contribution is -0.0320.